The maximum atomic E-state index is 9.79. The Morgan fingerprint density at radius 1 is 1.20 bits per heavy atom. The third-order valence-electron chi connectivity index (χ3n) is 2.19. The van der Waals surface area contributed by atoms with Crippen LogP contribution >= 0.6 is 11.3 Å². The molecular weight excluding hydrogens is 212 g/mol. The number of aliphatic hydroxyl groups excluding tert-OH is 2. The van der Waals surface area contributed by atoms with Crippen molar-refractivity contribution in [2.24, 2.45) is 0 Å². The van der Waals surface area contributed by atoms with Crippen LogP contribution in [0.15, 0.2) is 40.3 Å². The first-order valence-electron chi connectivity index (χ1n) is 4.70. The average Bonchev–Trinajstić information content (AvgIpc) is 2.91. The number of hydrogen-bond donors (Lipinski definition) is 2. The molecule has 0 amide bonds. The molecule has 80 valence electrons. The topological polar surface area (TPSA) is 53.6 Å². The maximum Gasteiger partial charge on any atom is 0.132 e. The first-order chi connectivity index (χ1) is 7.27. The summed E-state index contributed by atoms with van der Waals surface area (Å²) in [5, 5.41) is 21.4. The zero-order valence-corrected chi connectivity index (χ0v) is 8.85. The van der Waals surface area contributed by atoms with Crippen molar-refractivity contribution in [3.63, 3.8) is 0 Å². The Labute approximate surface area is 91.6 Å². The number of thiophene rings is 1. The molecule has 0 unspecified atom stereocenters. The standard InChI is InChI=1S/C11H12O3S/c12-8(10-3-1-5-14-10)7-9(13)11-4-2-6-15-11/h1-6,8-9,12-13H,7H2/t8-,9+/m0/s1. The summed E-state index contributed by atoms with van der Waals surface area (Å²) in [6, 6.07) is 7.15. The Hall–Kier alpha value is -1.10. The highest BCUT2D eigenvalue weighted by Gasteiger charge is 2.17. The third kappa shape index (κ3) is 2.47. The van der Waals surface area contributed by atoms with Gasteiger partial charge in [-0.05, 0) is 23.6 Å². The molecule has 0 saturated heterocycles. The van der Waals surface area contributed by atoms with E-state index in [1.54, 1.807) is 12.1 Å². The van der Waals surface area contributed by atoms with E-state index >= 15 is 0 Å². The van der Waals surface area contributed by atoms with E-state index in [1.165, 1.54) is 17.6 Å². The number of rotatable bonds is 4. The highest BCUT2D eigenvalue weighted by atomic mass is 32.1. The minimum Gasteiger partial charge on any atom is -0.467 e. The van der Waals surface area contributed by atoms with E-state index in [2.05, 4.69) is 0 Å². The molecule has 0 bridgehead atoms. The minimum atomic E-state index is -0.753. The minimum absolute atomic E-state index is 0.258. The van der Waals surface area contributed by atoms with Crippen molar-refractivity contribution in [3.8, 4) is 0 Å². The van der Waals surface area contributed by atoms with Crippen LogP contribution in [0, 0.1) is 0 Å². The Balaban J connectivity index is 1.98. The van der Waals surface area contributed by atoms with Gasteiger partial charge in [-0.3, -0.25) is 0 Å². The first-order valence-corrected chi connectivity index (χ1v) is 5.58. The van der Waals surface area contributed by atoms with Gasteiger partial charge in [-0.1, -0.05) is 6.07 Å². The Kier molecular flexibility index (Phi) is 3.20. The second-order valence-electron chi connectivity index (χ2n) is 3.30. The van der Waals surface area contributed by atoms with Crippen molar-refractivity contribution in [2.75, 3.05) is 0 Å². The van der Waals surface area contributed by atoms with Gasteiger partial charge in [0.25, 0.3) is 0 Å². The number of aliphatic hydroxyl groups is 2. The van der Waals surface area contributed by atoms with Crippen LogP contribution in [-0.4, -0.2) is 10.2 Å². The van der Waals surface area contributed by atoms with Crippen LogP contribution < -0.4 is 0 Å². The van der Waals surface area contributed by atoms with Gasteiger partial charge in [-0.15, -0.1) is 11.3 Å². The van der Waals surface area contributed by atoms with Crippen molar-refractivity contribution in [2.45, 2.75) is 18.6 Å². The lowest BCUT2D eigenvalue weighted by Crippen LogP contribution is -2.03. The fourth-order valence-electron chi connectivity index (χ4n) is 1.41. The molecule has 0 aliphatic rings. The predicted octanol–water partition coefficient (Wildman–Crippen LogP) is 2.50. The van der Waals surface area contributed by atoms with Gasteiger partial charge in [0.05, 0.1) is 12.4 Å². The fraction of sp³-hybridized carbons (Fsp3) is 0.273. The molecule has 3 nitrogen and oxygen atoms in total. The molecule has 15 heavy (non-hydrogen) atoms. The summed E-state index contributed by atoms with van der Waals surface area (Å²) in [4.78, 5) is 0.862. The summed E-state index contributed by atoms with van der Waals surface area (Å²) in [6.45, 7) is 0. The van der Waals surface area contributed by atoms with E-state index in [4.69, 9.17) is 4.42 Å². The number of hydrogen-bond acceptors (Lipinski definition) is 4. The van der Waals surface area contributed by atoms with E-state index in [0.29, 0.717) is 5.76 Å². The zero-order valence-electron chi connectivity index (χ0n) is 8.04. The molecule has 2 atom stereocenters. The normalized spacial score (nSPS) is 15.1. The zero-order chi connectivity index (χ0) is 10.7. The molecule has 2 rings (SSSR count). The van der Waals surface area contributed by atoms with Gasteiger partial charge in [-0.2, -0.15) is 0 Å². The molecule has 0 radical (unpaired) electrons. The molecule has 4 heteroatoms. The van der Waals surface area contributed by atoms with Crippen molar-refractivity contribution < 1.29 is 14.6 Å². The summed E-state index contributed by atoms with van der Waals surface area (Å²) in [5.74, 6) is 0.491. The van der Waals surface area contributed by atoms with E-state index in [9.17, 15) is 10.2 Å². The van der Waals surface area contributed by atoms with Crippen LogP contribution in [-0.2, 0) is 0 Å². The van der Waals surface area contributed by atoms with E-state index in [1.807, 2.05) is 17.5 Å². The van der Waals surface area contributed by atoms with Crippen molar-refractivity contribution >= 4 is 11.3 Å². The van der Waals surface area contributed by atoms with E-state index in [0.717, 1.165) is 4.88 Å². The van der Waals surface area contributed by atoms with Crippen LogP contribution in [0.1, 0.15) is 29.3 Å². The second-order valence-corrected chi connectivity index (χ2v) is 4.28. The van der Waals surface area contributed by atoms with E-state index < -0.39 is 12.2 Å². The Morgan fingerprint density at radius 2 is 2.07 bits per heavy atom. The highest BCUT2D eigenvalue weighted by molar-refractivity contribution is 7.10. The van der Waals surface area contributed by atoms with Gasteiger partial charge in [-0.25, -0.2) is 0 Å². The summed E-state index contributed by atoms with van der Waals surface area (Å²) in [7, 11) is 0. The molecule has 0 saturated carbocycles. The third-order valence-corrected chi connectivity index (χ3v) is 3.16. The van der Waals surface area contributed by atoms with Gasteiger partial charge in [0.2, 0.25) is 0 Å². The first kappa shape index (κ1) is 10.4. The predicted molar refractivity (Wildman–Crippen MR) is 57.6 cm³/mol. The highest BCUT2D eigenvalue weighted by Crippen LogP contribution is 2.28. The Morgan fingerprint density at radius 3 is 2.67 bits per heavy atom. The smallest absolute Gasteiger partial charge is 0.132 e. The van der Waals surface area contributed by atoms with Gasteiger partial charge >= 0.3 is 0 Å². The largest absolute Gasteiger partial charge is 0.467 e. The van der Waals surface area contributed by atoms with Gasteiger partial charge < -0.3 is 14.6 Å². The molecule has 2 aromatic heterocycles. The quantitative estimate of drug-likeness (QED) is 0.839. The van der Waals surface area contributed by atoms with E-state index in [-0.39, 0.29) is 6.42 Å². The lowest BCUT2D eigenvalue weighted by atomic mass is 10.1. The molecule has 0 spiro atoms. The fourth-order valence-corrected chi connectivity index (χ4v) is 2.13. The lowest BCUT2D eigenvalue weighted by Gasteiger charge is -2.12. The summed E-state index contributed by atoms with van der Waals surface area (Å²) in [5.41, 5.74) is 0. The van der Waals surface area contributed by atoms with Crippen LogP contribution in [0.2, 0.25) is 0 Å². The molecule has 2 N–H and O–H groups in total. The summed E-state index contributed by atoms with van der Waals surface area (Å²) < 4.78 is 5.06. The molecule has 0 aliphatic heterocycles. The van der Waals surface area contributed by atoms with Gasteiger partial charge in [0.15, 0.2) is 0 Å². The molecule has 0 aliphatic carbocycles. The van der Waals surface area contributed by atoms with Crippen molar-refractivity contribution in [1.29, 1.82) is 0 Å². The molecule has 0 aromatic carbocycles. The van der Waals surface area contributed by atoms with Crippen LogP contribution in [0.4, 0.5) is 0 Å². The lowest BCUT2D eigenvalue weighted by molar-refractivity contribution is 0.0689. The number of furan rings is 1. The maximum absolute atomic E-state index is 9.79. The van der Waals surface area contributed by atoms with Crippen molar-refractivity contribution in [1.82, 2.24) is 0 Å². The molecular formula is C11H12O3S. The van der Waals surface area contributed by atoms with Crippen molar-refractivity contribution in [3.05, 3.63) is 46.5 Å². The van der Waals surface area contributed by atoms with Gasteiger partial charge in [0.1, 0.15) is 11.9 Å². The van der Waals surface area contributed by atoms with Crippen LogP contribution in [0.5, 0.6) is 0 Å². The molecule has 0 fully saturated rings. The average molecular weight is 224 g/mol. The van der Waals surface area contributed by atoms with Crippen LogP contribution in [0.3, 0.4) is 0 Å². The summed E-state index contributed by atoms with van der Waals surface area (Å²) in [6.07, 6.45) is 0.381. The van der Waals surface area contributed by atoms with Gasteiger partial charge in [0, 0.05) is 11.3 Å². The van der Waals surface area contributed by atoms with Crippen LogP contribution in [0.25, 0.3) is 0 Å². The Bertz CT molecular complexity index is 342. The SMILES string of the molecule is O[C@H](C[C@H](O)c1ccco1)c1cccs1. The second kappa shape index (κ2) is 4.61. The molecule has 2 aromatic rings. The summed E-state index contributed by atoms with van der Waals surface area (Å²) >= 11 is 1.48. The monoisotopic (exact) mass is 224 g/mol. The molecule has 2 heterocycles.